The topological polar surface area (TPSA) is 53.2 Å². The second-order valence-corrected chi connectivity index (χ2v) is 7.43. The summed E-state index contributed by atoms with van der Waals surface area (Å²) in [5.41, 5.74) is 2.01. The molecule has 1 aliphatic rings. The highest BCUT2D eigenvalue weighted by Gasteiger charge is 2.16. The van der Waals surface area contributed by atoms with Gasteiger partial charge in [-0.25, -0.2) is 4.79 Å². The molecule has 0 aromatic heterocycles. The molecule has 1 unspecified atom stereocenters. The van der Waals surface area contributed by atoms with Gasteiger partial charge in [0.2, 0.25) is 0 Å². The first kappa shape index (κ1) is 18.8. The fourth-order valence-corrected chi connectivity index (χ4v) is 3.51. The molecule has 3 N–H and O–H groups in total. The van der Waals surface area contributed by atoms with Crippen molar-refractivity contribution in [1.29, 1.82) is 0 Å². The van der Waals surface area contributed by atoms with Crippen molar-refractivity contribution in [3.8, 4) is 0 Å². The van der Waals surface area contributed by atoms with Crippen molar-refractivity contribution in [3.05, 3.63) is 29.8 Å². The first-order valence-electron chi connectivity index (χ1n) is 9.43. The Labute approximate surface area is 146 Å². The van der Waals surface area contributed by atoms with Crippen LogP contribution in [-0.2, 0) is 6.54 Å². The Balaban J connectivity index is 1.84. The number of carbonyl (C=O) groups is 1. The van der Waals surface area contributed by atoms with E-state index in [4.69, 9.17) is 0 Å². The lowest BCUT2D eigenvalue weighted by Crippen LogP contribution is -2.34. The van der Waals surface area contributed by atoms with E-state index in [2.05, 4.69) is 28.9 Å². The van der Waals surface area contributed by atoms with E-state index in [-0.39, 0.29) is 12.1 Å². The maximum Gasteiger partial charge on any atom is 0.319 e. The fraction of sp³-hybridized carbons (Fsp3) is 0.650. The molecule has 24 heavy (non-hydrogen) atoms. The smallest absolute Gasteiger partial charge is 0.319 e. The maximum absolute atomic E-state index is 11.9. The quantitative estimate of drug-likeness (QED) is 0.680. The van der Waals surface area contributed by atoms with Crippen LogP contribution < -0.4 is 16.0 Å². The third kappa shape index (κ3) is 6.52. The maximum atomic E-state index is 11.9. The summed E-state index contributed by atoms with van der Waals surface area (Å²) < 4.78 is 0. The molecule has 1 aromatic carbocycles. The third-order valence-electron chi connectivity index (χ3n) is 4.74. The second-order valence-electron chi connectivity index (χ2n) is 7.43. The van der Waals surface area contributed by atoms with Crippen LogP contribution in [-0.4, -0.2) is 18.1 Å². The molecule has 134 valence electrons. The van der Waals surface area contributed by atoms with E-state index in [9.17, 15) is 4.79 Å². The lowest BCUT2D eigenvalue weighted by molar-refractivity contribution is 0.250. The van der Waals surface area contributed by atoms with Crippen molar-refractivity contribution in [3.63, 3.8) is 0 Å². The monoisotopic (exact) mass is 331 g/mol. The van der Waals surface area contributed by atoms with Gasteiger partial charge in [-0.2, -0.15) is 0 Å². The molecule has 0 aliphatic heterocycles. The zero-order valence-electron chi connectivity index (χ0n) is 15.4. The minimum atomic E-state index is -0.146. The van der Waals surface area contributed by atoms with Gasteiger partial charge in [0.25, 0.3) is 0 Å². The van der Waals surface area contributed by atoms with Crippen molar-refractivity contribution in [1.82, 2.24) is 10.6 Å². The Morgan fingerprint density at radius 2 is 1.83 bits per heavy atom. The molecule has 4 nitrogen and oxygen atoms in total. The third-order valence-corrected chi connectivity index (χ3v) is 4.74. The molecular formula is C20H33N3O. The van der Waals surface area contributed by atoms with Crippen LogP contribution in [0.15, 0.2) is 24.3 Å². The van der Waals surface area contributed by atoms with Crippen LogP contribution >= 0.6 is 0 Å². The molecule has 0 saturated heterocycles. The van der Waals surface area contributed by atoms with E-state index in [1.54, 1.807) is 0 Å². The van der Waals surface area contributed by atoms with Gasteiger partial charge in [0, 0.05) is 24.3 Å². The number of nitrogens with one attached hydrogen (secondary N) is 3. The average molecular weight is 332 g/mol. The van der Waals surface area contributed by atoms with Gasteiger partial charge in [-0.15, -0.1) is 0 Å². The second kappa shape index (κ2) is 9.67. The van der Waals surface area contributed by atoms with E-state index < -0.39 is 0 Å². The summed E-state index contributed by atoms with van der Waals surface area (Å²) >= 11 is 0. The number of anilines is 1. The number of benzene rings is 1. The molecule has 1 atom stereocenters. The highest BCUT2D eigenvalue weighted by Crippen LogP contribution is 2.27. The van der Waals surface area contributed by atoms with E-state index in [0.29, 0.717) is 6.04 Å². The zero-order valence-corrected chi connectivity index (χ0v) is 15.4. The lowest BCUT2D eigenvalue weighted by atomic mass is 9.85. The minimum Gasteiger partial charge on any atom is -0.336 e. The summed E-state index contributed by atoms with van der Waals surface area (Å²) in [7, 11) is 0. The Bertz CT molecular complexity index is 509. The van der Waals surface area contributed by atoms with Gasteiger partial charge in [0.1, 0.15) is 0 Å². The lowest BCUT2D eigenvalue weighted by Gasteiger charge is -2.25. The van der Waals surface area contributed by atoms with Gasteiger partial charge in [-0.1, -0.05) is 50.3 Å². The Morgan fingerprint density at radius 1 is 1.12 bits per heavy atom. The van der Waals surface area contributed by atoms with Crippen LogP contribution in [0.5, 0.6) is 0 Å². The number of carbonyl (C=O) groups excluding carboxylic acids is 1. The van der Waals surface area contributed by atoms with Crippen LogP contribution in [0.1, 0.15) is 64.9 Å². The number of rotatable bonds is 7. The highest BCUT2D eigenvalue weighted by atomic mass is 16.2. The summed E-state index contributed by atoms with van der Waals surface area (Å²) in [6.45, 7) is 6.97. The van der Waals surface area contributed by atoms with Crippen LogP contribution in [0.4, 0.5) is 10.5 Å². The summed E-state index contributed by atoms with van der Waals surface area (Å²) in [4.78, 5) is 11.9. The highest BCUT2D eigenvalue weighted by molar-refractivity contribution is 5.90. The van der Waals surface area contributed by atoms with Crippen molar-refractivity contribution in [2.45, 2.75) is 77.9 Å². The molecule has 1 aliphatic carbocycles. The number of urea groups is 1. The molecule has 0 bridgehead atoms. The largest absolute Gasteiger partial charge is 0.336 e. The zero-order chi connectivity index (χ0) is 17.4. The van der Waals surface area contributed by atoms with Gasteiger partial charge < -0.3 is 16.0 Å². The molecule has 2 amide bonds. The number of hydrogen-bond acceptors (Lipinski definition) is 2. The van der Waals surface area contributed by atoms with Crippen molar-refractivity contribution in [2.24, 2.45) is 5.92 Å². The van der Waals surface area contributed by atoms with E-state index in [1.165, 1.54) is 38.5 Å². The average Bonchev–Trinajstić information content (AvgIpc) is 2.54. The number of hydrogen-bond donors (Lipinski definition) is 3. The van der Waals surface area contributed by atoms with Crippen molar-refractivity contribution in [2.75, 3.05) is 5.32 Å². The normalized spacial score (nSPS) is 16.8. The summed E-state index contributed by atoms with van der Waals surface area (Å²) in [5.74, 6) is 0.881. The Kier molecular flexibility index (Phi) is 7.57. The van der Waals surface area contributed by atoms with Gasteiger partial charge in [-0.3, -0.25) is 0 Å². The van der Waals surface area contributed by atoms with Gasteiger partial charge in [0.05, 0.1) is 0 Å². The van der Waals surface area contributed by atoms with Gasteiger partial charge >= 0.3 is 6.03 Å². The standard InChI is InChI=1S/C20H33N3O/c1-15(2)22-20(24)23-19-12-8-7-11-18(19)14-21-16(3)13-17-9-5-4-6-10-17/h7-8,11-12,15-17,21H,4-6,9-10,13-14H2,1-3H3,(H2,22,23,24). The first-order valence-corrected chi connectivity index (χ1v) is 9.43. The molecule has 1 fully saturated rings. The molecule has 0 spiro atoms. The van der Waals surface area contributed by atoms with Crippen LogP contribution in [0.25, 0.3) is 0 Å². The molecule has 2 rings (SSSR count). The number of para-hydroxylation sites is 1. The predicted octanol–water partition coefficient (Wildman–Crippen LogP) is 4.67. The predicted molar refractivity (Wildman–Crippen MR) is 101 cm³/mol. The van der Waals surface area contributed by atoms with E-state index >= 15 is 0 Å². The molecule has 4 heteroatoms. The van der Waals surface area contributed by atoms with E-state index in [0.717, 1.165) is 23.7 Å². The van der Waals surface area contributed by atoms with Crippen LogP contribution in [0.2, 0.25) is 0 Å². The number of amides is 2. The SMILES string of the molecule is CC(C)NC(=O)Nc1ccccc1CNC(C)CC1CCCCC1. The summed E-state index contributed by atoms with van der Waals surface area (Å²) in [6.07, 6.45) is 8.24. The molecule has 1 saturated carbocycles. The summed E-state index contributed by atoms with van der Waals surface area (Å²) in [5, 5.41) is 9.45. The molecule has 0 heterocycles. The molecule has 0 radical (unpaired) electrons. The van der Waals surface area contributed by atoms with Crippen LogP contribution in [0, 0.1) is 5.92 Å². The Morgan fingerprint density at radius 3 is 2.54 bits per heavy atom. The Hall–Kier alpha value is -1.55. The minimum absolute atomic E-state index is 0.130. The van der Waals surface area contributed by atoms with Crippen LogP contribution in [0.3, 0.4) is 0 Å². The van der Waals surface area contributed by atoms with Gasteiger partial charge in [-0.05, 0) is 44.7 Å². The molecule has 1 aromatic rings. The summed E-state index contributed by atoms with van der Waals surface area (Å²) in [6, 6.07) is 8.51. The van der Waals surface area contributed by atoms with Crippen molar-refractivity contribution >= 4 is 11.7 Å². The van der Waals surface area contributed by atoms with E-state index in [1.807, 2.05) is 32.0 Å². The van der Waals surface area contributed by atoms with Gasteiger partial charge in [0.15, 0.2) is 0 Å². The molecular weight excluding hydrogens is 298 g/mol. The first-order chi connectivity index (χ1) is 11.5. The van der Waals surface area contributed by atoms with Crippen molar-refractivity contribution < 1.29 is 4.79 Å². The fourth-order valence-electron chi connectivity index (χ4n) is 3.51.